The number of hydrogen-bond donors (Lipinski definition) is 3. The van der Waals surface area contributed by atoms with Gasteiger partial charge in [0.2, 0.25) is 0 Å². The zero-order chi connectivity index (χ0) is 32.6. The van der Waals surface area contributed by atoms with Gasteiger partial charge < -0.3 is 19.9 Å². The number of benzene rings is 1. The van der Waals surface area contributed by atoms with Crippen LogP contribution >= 0.6 is 0 Å². The number of aliphatic hydroxyl groups is 1. The number of unbranched alkanes of at least 4 members (excludes halogenated alkanes) is 4. The molecule has 0 saturated carbocycles. The zero-order valence-corrected chi connectivity index (χ0v) is 28.2. The quantitative estimate of drug-likeness (QED) is 0.0774. The molecule has 244 valence electrons. The van der Waals surface area contributed by atoms with Gasteiger partial charge in [0.15, 0.2) is 11.5 Å². The van der Waals surface area contributed by atoms with Gasteiger partial charge in [-0.25, -0.2) is 0 Å². The summed E-state index contributed by atoms with van der Waals surface area (Å²) >= 11 is 0. The molecule has 1 unspecified atom stereocenters. The number of carbonyl (C=O) groups is 2. The van der Waals surface area contributed by atoms with E-state index in [0.29, 0.717) is 36.6 Å². The smallest absolute Gasteiger partial charge is 0.311 e. The minimum absolute atomic E-state index is 0.182. The van der Waals surface area contributed by atoms with E-state index in [4.69, 9.17) is 14.0 Å². The Labute approximate surface area is 254 Å². The first-order valence-electron chi connectivity index (χ1n) is 15.1. The number of rotatable bonds is 16. The summed E-state index contributed by atoms with van der Waals surface area (Å²) in [6.45, 7) is 17.7. The van der Waals surface area contributed by atoms with E-state index >= 15 is 0 Å². The van der Waals surface area contributed by atoms with Gasteiger partial charge in [0.05, 0.1) is 12.4 Å². The molecule has 0 heterocycles. The number of hydrogen-bond acceptors (Lipinski definition) is 8. The molecular formula is C32H57NO8S. The molecule has 1 aromatic carbocycles. The Morgan fingerprint density at radius 1 is 0.810 bits per heavy atom. The maximum Gasteiger partial charge on any atom is 0.311 e. The number of carbonyl (C=O) groups excluding carboxylic acids is 2. The van der Waals surface area contributed by atoms with Gasteiger partial charge >= 0.3 is 11.9 Å². The predicted octanol–water partition coefficient (Wildman–Crippen LogP) is 7.03. The lowest BCUT2D eigenvalue weighted by atomic mass is 9.89. The van der Waals surface area contributed by atoms with Crippen LogP contribution in [0.1, 0.15) is 131 Å². The van der Waals surface area contributed by atoms with Crippen LogP contribution in [0.5, 0.6) is 11.5 Å². The second kappa shape index (κ2) is 19.3. The number of nitrogens with one attached hydrogen (secondary N) is 1. The molecule has 0 radical (unpaired) electrons. The molecule has 9 nitrogen and oxygen atoms in total. The summed E-state index contributed by atoms with van der Waals surface area (Å²) in [5, 5.41) is 13.8. The van der Waals surface area contributed by atoms with E-state index in [1.807, 2.05) is 13.8 Å². The van der Waals surface area contributed by atoms with Crippen LogP contribution in [-0.2, 0) is 19.7 Å². The fourth-order valence-electron chi connectivity index (χ4n) is 3.91. The molecule has 0 aliphatic rings. The third-order valence-electron chi connectivity index (χ3n) is 6.13. The molecule has 3 N–H and O–H groups in total. The third kappa shape index (κ3) is 24.6. The minimum atomic E-state index is -3.67. The molecule has 1 rings (SSSR count). The Hall–Kier alpha value is -2.01. The van der Waals surface area contributed by atoms with E-state index in [1.165, 1.54) is 0 Å². The van der Waals surface area contributed by atoms with E-state index in [0.717, 1.165) is 51.4 Å². The average Bonchev–Trinajstić information content (AvgIpc) is 2.80. The lowest BCUT2D eigenvalue weighted by Crippen LogP contribution is -2.27. The van der Waals surface area contributed by atoms with Crippen LogP contribution in [0, 0.1) is 10.8 Å². The molecule has 0 fully saturated rings. The number of esters is 2. The summed E-state index contributed by atoms with van der Waals surface area (Å²) in [5.41, 5.74) is 1.18. The highest BCUT2D eigenvalue weighted by Gasteiger charge is 2.18. The largest absolute Gasteiger partial charge is 0.423 e. The molecule has 0 aliphatic heterocycles. The van der Waals surface area contributed by atoms with Crippen molar-refractivity contribution in [3.05, 3.63) is 23.8 Å². The summed E-state index contributed by atoms with van der Waals surface area (Å²) < 4.78 is 37.1. The second-order valence-electron chi connectivity index (χ2n) is 13.7. The van der Waals surface area contributed by atoms with Crippen molar-refractivity contribution < 1.29 is 37.1 Å². The SMILES string of the molecule is CC(C)NCC(O)c1ccc(OC(=O)CCCCCC(C)(C)C)c(OC(=O)CCCCCC(C)(C)C)c1.CS(=O)(=O)O. The van der Waals surface area contributed by atoms with Crippen LogP contribution in [0.3, 0.4) is 0 Å². The molecule has 0 saturated heterocycles. The van der Waals surface area contributed by atoms with Crippen molar-refractivity contribution in [2.75, 3.05) is 12.8 Å². The fourth-order valence-corrected chi connectivity index (χ4v) is 3.91. The number of ether oxygens (including phenoxy) is 2. The van der Waals surface area contributed by atoms with Crippen LogP contribution in [-0.4, -0.2) is 48.9 Å². The van der Waals surface area contributed by atoms with Gasteiger partial charge in [0, 0.05) is 25.4 Å². The van der Waals surface area contributed by atoms with Crippen molar-refractivity contribution in [1.29, 1.82) is 0 Å². The average molecular weight is 616 g/mol. The van der Waals surface area contributed by atoms with Gasteiger partial charge in [0.1, 0.15) is 0 Å². The van der Waals surface area contributed by atoms with Gasteiger partial charge in [-0.3, -0.25) is 14.1 Å². The van der Waals surface area contributed by atoms with Gasteiger partial charge in [0.25, 0.3) is 10.1 Å². The summed E-state index contributed by atoms with van der Waals surface area (Å²) in [5.74, 6) is -0.303. The van der Waals surface area contributed by atoms with E-state index in [9.17, 15) is 23.1 Å². The maximum absolute atomic E-state index is 12.6. The molecule has 1 aromatic rings. The molecule has 1 atom stereocenters. The van der Waals surface area contributed by atoms with Gasteiger partial charge in [-0.05, 0) is 54.2 Å². The Morgan fingerprint density at radius 3 is 1.64 bits per heavy atom. The molecule has 0 aromatic heterocycles. The Balaban J connectivity index is 0.00000308. The molecule has 0 amide bonds. The number of aliphatic hydroxyl groups excluding tert-OH is 1. The highest BCUT2D eigenvalue weighted by atomic mass is 32.2. The lowest BCUT2D eigenvalue weighted by Gasteiger charge is -2.18. The van der Waals surface area contributed by atoms with Crippen LogP contribution in [0.15, 0.2) is 18.2 Å². The van der Waals surface area contributed by atoms with Gasteiger partial charge in [-0.15, -0.1) is 0 Å². The molecule has 42 heavy (non-hydrogen) atoms. The second-order valence-corrected chi connectivity index (χ2v) is 15.2. The van der Waals surface area contributed by atoms with Gasteiger partial charge in [-0.1, -0.05) is 87.1 Å². The standard InChI is InChI=1S/C31H53NO5.CH4O3S/c1-23(2)32-22-25(33)24-17-18-26(36-28(34)15-11-9-13-19-30(3,4)5)27(21-24)37-29(35)16-12-10-14-20-31(6,7)8;1-5(2,3)4/h17-18,21,23,25,32-33H,9-16,19-20,22H2,1-8H3;1H3,(H,2,3,4). The Bertz CT molecular complexity index is 1030. The van der Waals surface area contributed by atoms with Crippen molar-refractivity contribution >= 4 is 22.1 Å². The van der Waals surface area contributed by atoms with Crippen molar-refractivity contribution in [1.82, 2.24) is 5.32 Å². The summed E-state index contributed by atoms with van der Waals surface area (Å²) in [7, 11) is -3.67. The van der Waals surface area contributed by atoms with E-state index in [1.54, 1.807) is 18.2 Å². The monoisotopic (exact) mass is 615 g/mol. The predicted molar refractivity (Wildman–Crippen MR) is 168 cm³/mol. The van der Waals surface area contributed by atoms with E-state index in [-0.39, 0.29) is 34.9 Å². The fraction of sp³-hybridized carbons (Fsp3) is 0.750. The summed E-state index contributed by atoms with van der Waals surface area (Å²) in [4.78, 5) is 25.1. The zero-order valence-electron chi connectivity index (χ0n) is 27.4. The van der Waals surface area contributed by atoms with Crippen LogP contribution in [0.4, 0.5) is 0 Å². The molecule has 0 aliphatic carbocycles. The Morgan fingerprint density at radius 2 is 1.24 bits per heavy atom. The van der Waals surface area contributed by atoms with Crippen molar-refractivity contribution in [3.63, 3.8) is 0 Å². The first-order valence-corrected chi connectivity index (χ1v) is 16.9. The Kier molecular flexibility index (Phi) is 18.4. The molecule has 0 spiro atoms. The van der Waals surface area contributed by atoms with Crippen molar-refractivity contribution in [2.45, 2.75) is 132 Å². The van der Waals surface area contributed by atoms with Crippen LogP contribution in [0.2, 0.25) is 0 Å². The topological polar surface area (TPSA) is 139 Å². The minimum Gasteiger partial charge on any atom is -0.423 e. The highest BCUT2D eigenvalue weighted by Crippen LogP contribution is 2.32. The van der Waals surface area contributed by atoms with E-state index < -0.39 is 16.2 Å². The van der Waals surface area contributed by atoms with E-state index in [2.05, 4.69) is 46.9 Å². The maximum atomic E-state index is 12.6. The van der Waals surface area contributed by atoms with Crippen LogP contribution < -0.4 is 14.8 Å². The molecule has 10 heteroatoms. The summed E-state index contributed by atoms with van der Waals surface area (Å²) in [6, 6.07) is 5.16. The van der Waals surface area contributed by atoms with Crippen molar-refractivity contribution in [2.24, 2.45) is 10.8 Å². The van der Waals surface area contributed by atoms with Crippen molar-refractivity contribution in [3.8, 4) is 11.5 Å². The first-order chi connectivity index (χ1) is 19.2. The normalized spacial score (nSPS) is 12.9. The summed E-state index contributed by atoms with van der Waals surface area (Å²) in [6.07, 6.45) is 8.37. The first kappa shape index (κ1) is 40.0. The van der Waals surface area contributed by atoms with Gasteiger partial charge in [-0.2, -0.15) is 8.42 Å². The highest BCUT2D eigenvalue weighted by molar-refractivity contribution is 7.85. The third-order valence-corrected chi connectivity index (χ3v) is 6.13. The molecule has 0 bridgehead atoms. The van der Waals surface area contributed by atoms with Crippen LogP contribution in [0.25, 0.3) is 0 Å². The lowest BCUT2D eigenvalue weighted by molar-refractivity contribution is -0.137. The molecular weight excluding hydrogens is 558 g/mol.